The van der Waals surface area contributed by atoms with Gasteiger partial charge >= 0.3 is 0 Å². The lowest BCUT2D eigenvalue weighted by molar-refractivity contribution is 0.0510. The number of ether oxygens (including phenoxy) is 1. The van der Waals surface area contributed by atoms with Crippen LogP contribution in [0, 0.1) is 5.41 Å². The lowest BCUT2D eigenvalue weighted by atomic mass is 9.93. The fourth-order valence-corrected chi connectivity index (χ4v) is 1.15. The topological polar surface area (TPSA) is 24.5 Å². The Balaban J connectivity index is 3.70. The molecule has 3 nitrogen and oxygen atoms in total. The largest absolute Gasteiger partial charge is 0.380 e. The van der Waals surface area contributed by atoms with E-state index in [1.54, 1.807) is 0 Å². The van der Waals surface area contributed by atoms with Gasteiger partial charge in [0.2, 0.25) is 0 Å². The van der Waals surface area contributed by atoms with Gasteiger partial charge in [-0.1, -0.05) is 13.8 Å². The van der Waals surface area contributed by atoms with E-state index < -0.39 is 0 Å². The van der Waals surface area contributed by atoms with E-state index in [0.29, 0.717) is 0 Å². The molecule has 98 valence electrons. The maximum Gasteiger partial charge on any atom is 0.0593 e. The van der Waals surface area contributed by atoms with Crippen molar-refractivity contribution >= 4 is 0 Å². The van der Waals surface area contributed by atoms with Gasteiger partial charge in [-0.05, 0) is 34.9 Å². The van der Waals surface area contributed by atoms with Gasteiger partial charge in [0, 0.05) is 24.0 Å². The van der Waals surface area contributed by atoms with Crippen molar-refractivity contribution in [1.29, 1.82) is 0 Å². The van der Waals surface area contributed by atoms with Gasteiger partial charge in [0.1, 0.15) is 0 Å². The van der Waals surface area contributed by atoms with Crippen LogP contribution in [0.2, 0.25) is 0 Å². The summed E-state index contributed by atoms with van der Waals surface area (Å²) in [5.41, 5.74) is 0.375. The maximum absolute atomic E-state index is 5.69. The van der Waals surface area contributed by atoms with Gasteiger partial charge in [0.25, 0.3) is 0 Å². The zero-order valence-electron chi connectivity index (χ0n) is 12.2. The van der Waals surface area contributed by atoms with Gasteiger partial charge in [-0.25, -0.2) is 0 Å². The molecule has 0 rings (SSSR count). The number of nitrogens with zero attached hydrogens (tertiary/aromatic N) is 1. The third-order valence-electron chi connectivity index (χ3n) is 2.27. The highest BCUT2D eigenvalue weighted by Gasteiger charge is 2.21. The molecule has 0 aliphatic carbocycles. The van der Waals surface area contributed by atoms with E-state index in [2.05, 4.69) is 58.9 Å². The fourth-order valence-electron chi connectivity index (χ4n) is 1.15. The standard InChI is InChI=1S/C13H30N2O/c1-12(2,3)14-10-13(4,5)11-16-9-8-15(6)7/h14H,8-11H2,1-7H3. The van der Waals surface area contributed by atoms with Crippen molar-refractivity contribution in [3.05, 3.63) is 0 Å². The summed E-state index contributed by atoms with van der Waals surface area (Å²) in [5, 5.41) is 3.52. The average Bonchev–Trinajstić information content (AvgIpc) is 2.08. The van der Waals surface area contributed by atoms with Gasteiger partial charge in [0.05, 0.1) is 13.2 Å². The second kappa shape index (κ2) is 6.58. The molecule has 0 aliphatic heterocycles. The summed E-state index contributed by atoms with van der Waals surface area (Å²) in [5.74, 6) is 0. The van der Waals surface area contributed by atoms with Gasteiger partial charge in [-0.2, -0.15) is 0 Å². The van der Waals surface area contributed by atoms with Gasteiger partial charge in [-0.15, -0.1) is 0 Å². The van der Waals surface area contributed by atoms with E-state index in [-0.39, 0.29) is 11.0 Å². The summed E-state index contributed by atoms with van der Waals surface area (Å²) in [6.07, 6.45) is 0. The maximum atomic E-state index is 5.69. The summed E-state index contributed by atoms with van der Waals surface area (Å²) in [6, 6.07) is 0. The first-order chi connectivity index (χ1) is 7.12. The minimum atomic E-state index is 0.181. The van der Waals surface area contributed by atoms with Crippen LogP contribution < -0.4 is 5.32 Å². The number of likely N-dealkylation sites (N-methyl/N-ethyl adjacent to an activating group) is 1. The van der Waals surface area contributed by atoms with Crippen LogP contribution in [0.15, 0.2) is 0 Å². The van der Waals surface area contributed by atoms with Crippen molar-refractivity contribution in [2.45, 2.75) is 40.2 Å². The quantitative estimate of drug-likeness (QED) is 0.677. The van der Waals surface area contributed by atoms with Crippen LogP contribution in [0.4, 0.5) is 0 Å². The molecule has 1 N–H and O–H groups in total. The van der Waals surface area contributed by atoms with E-state index >= 15 is 0 Å². The van der Waals surface area contributed by atoms with E-state index in [0.717, 1.165) is 26.3 Å². The van der Waals surface area contributed by atoms with Crippen molar-refractivity contribution < 1.29 is 4.74 Å². The Labute approximate surface area is 102 Å². The normalized spacial score (nSPS) is 13.5. The second-order valence-corrected chi connectivity index (χ2v) is 6.62. The Morgan fingerprint density at radius 3 is 2.06 bits per heavy atom. The molecule has 0 radical (unpaired) electrons. The highest BCUT2D eigenvalue weighted by molar-refractivity contribution is 4.77. The molecule has 0 aromatic heterocycles. The Morgan fingerprint density at radius 1 is 1.06 bits per heavy atom. The molecule has 3 heteroatoms. The molecule has 0 aromatic carbocycles. The minimum absolute atomic E-state index is 0.181. The monoisotopic (exact) mass is 230 g/mol. The van der Waals surface area contributed by atoms with Crippen molar-refractivity contribution in [3.63, 3.8) is 0 Å². The van der Waals surface area contributed by atoms with Crippen molar-refractivity contribution in [2.24, 2.45) is 5.41 Å². The van der Waals surface area contributed by atoms with Crippen LogP contribution in [0.25, 0.3) is 0 Å². The zero-order valence-corrected chi connectivity index (χ0v) is 12.2. The summed E-state index contributed by atoms with van der Waals surface area (Å²) in [6.45, 7) is 14.6. The molecule has 0 unspecified atom stereocenters. The van der Waals surface area contributed by atoms with Crippen LogP contribution in [0.3, 0.4) is 0 Å². The molecular weight excluding hydrogens is 200 g/mol. The molecule has 0 heterocycles. The molecule has 0 fully saturated rings. The van der Waals surface area contributed by atoms with Crippen LogP contribution in [0.1, 0.15) is 34.6 Å². The molecule has 0 aromatic rings. The van der Waals surface area contributed by atoms with Crippen LogP contribution in [-0.2, 0) is 4.74 Å². The van der Waals surface area contributed by atoms with Crippen LogP contribution >= 0.6 is 0 Å². The SMILES string of the molecule is CN(C)CCOCC(C)(C)CNC(C)(C)C. The van der Waals surface area contributed by atoms with E-state index in [1.165, 1.54) is 0 Å². The second-order valence-electron chi connectivity index (χ2n) is 6.62. The highest BCUT2D eigenvalue weighted by Crippen LogP contribution is 2.15. The van der Waals surface area contributed by atoms with Crippen molar-refractivity contribution in [1.82, 2.24) is 10.2 Å². The molecule has 0 atom stereocenters. The van der Waals surface area contributed by atoms with Crippen LogP contribution in [-0.4, -0.2) is 50.8 Å². The highest BCUT2D eigenvalue weighted by atomic mass is 16.5. The summed E-state index contributed by atoms with van der Waals surface area (Å²) in [7, 11) is 4.13. The third-order valence-corrected chi connectivity index (χ3v) is 2.27. The van der Waals surface area contributed by atoms with Crippen LogP contribution in [0.5, 0.6) is 0 Å². The third kappa shape index (κ3) is 10.4. The summed E-state index contributed by atoms with van der Waals surface area (Å²) >= 11 is 0. The smallest absolute Gasteiger partial charge is 0.0593 e. The molecule has 16 heavy (non-hydrogen) atoms. The zero-order chi connectivity index (χ0) is 12.8. The molecule has 0 saturated carbocycles. The molecule has 0 spiro atoms. The Kier molecular flexibility index (Phi) is 6.53. The first-order valence-corrected chi connectivity index (χ1v) is 6.10. The van der Waals surface area contributed by atoms with Crippen molar-refractivity contribution in [2.75, 3.05) is 40.4 Å². The molecule has 0 saturated heterocycles. The van der Waals surface area contributed by atoms with E-state index in [9.17, 15) is 0 Å². The van der Waals surface area contributed by atoms with Gasteiger partial charge < -0.3 is 15.0 Å². The van der Waals surface area contributed by atoms with E-state index in [1.807, 2.05) is 0 Å². The van der Waals surface area contributed by atoms with E-state index in [4.69, 9.17) is 4.74 Å². The summed E-state index contributed by atoms with van der Waals surface area (Å²) in [4.78, 5) is 2.14. The number of rotatable bonds is 7. The lowest BCUT2D eigenvalue weighted by Gasteiger charge is -2.30. The van der Waals surface area contributed by atoms with Gasteiger partial charge in [-0.3, -0.25) is 0 Å². The first-order valence-electron chi connectivity index (χ1n) is 6.10. The van der Waals surface area contributed by atoms with Gasteiger partial charge in [0.15, 0.2) is 0 Å². The molecule has 0 bridgehead atoms. The average molecular weight is 230 g/mol. The Hall–Kier alpha value is -0.120. The Bertz CT molecular complexity index is 183. The lowest BCUT2D eigenvalue weighted by Crippen LogP contribution is -2.43. The Morgan fingerprint density at radius 2 is 1.62 bits per heavy atom. The molecule has 0 aliphatic rings. The number of nitrogens with one attached hydrogen (secondary N) is 1. The van der Waals surface area contributed by atoms with Crippen molar-refractivity contribution in [3.8, 4) is 0 Å². The number of hydrogen-bond acceptors (Lipinski definition) is 3. The molecular formula is C13H30N2O. The minimum Gasteiger partial charge on any atom is -0.380 e. The summed E-state index contributed by atoms with van der Waals surface area (Å²) < 4.78 is 5.69. The predicted molar refractivity (Wildman–Crippen MR) is 70.9 cm³/mol. The fraction of sp³-hybridized carbons (Fsp3) is 1.00. The molecule has 0 amide bonds. The first kappa shape index (κ1) is 15.9. The number of hydrogen-bond donors (Lipinski definition) is 1. The predicted octanol–water partition coefficient (Wildman–Crippen LogP) is 1.98.